The minimum atomic E-state index is -0.312. The molecule has 0 aliphatic carbocycles. The molecule has 0 radical (unpaired) electrons. The standard InChI is InChI=1S/C25H27ClN4O2S/c1-5-32-22(31)14-29-24(23(28-25(29)33)20-10-6-7-12-27-20)18-13-15(2)30(17(18)4)21-11-8-9-19(26)16(21)3/h6-13,23-24H,5,14H2,1-4H3,(H,28,33). The summed E-state index contributed by atoms with van der Waals surface area (Å²) in [5.41, 5.74) is 6.10. The van der Waals surface area contributed by atoms with Crippen molar-refractivity contribution in [3.05, 3.63) is 81.9 Å². The van der Waals surface area contributed by atoms with E-state index in [1.54, 1.807) is 13.1 Å². The number of halogens is 1. The lowest BCUT2D eigenvalue weighted by Crippen LogP contribution is -2.35. The molecule has 2 atom stereocenters. The Labute approximate surface area is 204 Å². The maximum Gasteiger partial charge on any atom is 0.325 e. The molecule has 3 aromatic rings. The number of nitrogens with zero attached hydrogens (tertiary/aromatic N) is 3. The van der Waals surface area contributed by atoms with Crippen LogP contribution in [0.3, 0.4) is 0 Å². The summed E-state index contributed by atoms with van der Waals surface area (Å²) in [4.78, 5) is 18.9. The van der Waals surface area contributed by atoms with Gasteiger partial charge in [0.2, 0.25) is 0 Å². The fourth-order valence-corrected chi connectivity index (χ4v) is 5.03. The average molecular weight is 483 g/mol. The predicted molar refractivity (Wildman–Crippen MR) is 134 cm³/mol. The van der Waals surface area contributed by atoms with Gasteiger partial charge in [0.25, 0.3) is 0 Å². The zero-order chi connectivity index (χ0) is 23.7. The molecule has 1 aliphatic rings. The summed E-state index contributed by atoms with van der Waals surface area (Å²) >= 11 is 12.1. The van der Waals surface area contributed by atoms with Gasteiger partial charge in [0.1, 0.15) is 6.54 Å². The molecule has 0 bridgehead atoms. The molecule has 1 fully saturated rings. The molecule has 1 aliphatic heterocycles. The molecule has 4 rings (SSSR count). The molecule has 2 unspecified atom stereocenters. The number of ether oxygens (including phenoxy) is 1. The number of esters is 1. The first-order valence-electron chi connectivity index (χ1n) is 10.9. The van der Waals surface area contributed by atoms with E-state index in [1.165, 1.54) is 0 Å². The van der Waals surface area contributed by atoms with Gasteiger partial charge >= 0.3 is 5.97 Å². The Bertz CT molecular complexity index is 1190. The van der Waals surface area contributed by atoms with Gasteiger partial charge in [-0.3, -0.25) is 9.78 Å². The molecule has 172 valence electrons. The number of hydrogen-bond acceptors (Lipinski definition) is 4. The van der Waals surface area contributed by atoms with E-state index in [-0.39, 0.29) is 24.6 Å². The molecule has 3 heterocycles. The number of aromatic nitrogens is 2. The summed E-state index contributed by atoms with van der Waals surface area (Å²) in [6.45, 7) is 8.36. The molecule has 1 N–H and O–H groups in total. The van der Waals surface area contributed by atoms with Crippen molar-refractivity contribution in [3.8, 4) is 5.69 Å². The van der Waals surface area contributed by atoms with Gasteiger partial charge in [-0.05, 0) is 81.4 Å². The van der Waals surface area contributed by atoms with Crippen LogP contribution in [0.4, 0.5) is 0 Å². The van der Waals surface area contributed by atoms with Crippen molar-refractivity contribution < 1.29 is 9.53 Å². The number of nitrogens with one attached hydrogen (secondary N) is 1. The smallest absolute Gasteiger partial charge is 0.325 e. The monoisotopic (exact) mass is 482 g/mol. The normalized spacial score (nSPS) is 17.8. The molecule has 0 spiro atoms. The van der Waals surface area contributed by atoms with Gasteiger partial charge < -0.3 is 19.5 Å². The van der Waals surface area contributed by atoms with E-state index in [0.29, 0.717) is 11.7 Å². The van der Waals surface area contributed by atoms with Crippen LogP contribution < -0.4 is 5.32 Å². The maximum absolute atomic E-state index is 12.4. The number of rotatable bonds is 6. The average Bonchev–Trinajstić information content (AvgIpc) is 3.26. The van der Waals surface area contributed by atoms with Gasteiger partial charge in [-0.1, -0.05) is 23.7 Å². The minimum Gasteiger partial charge on any atom is -0.465 e. The van der Waals surface area contributed by atoms with Crippen LogP contribution >= 0.6 is 23.8 Å². The quantitative estimate of drug-likeness (QED) is 0.394. The van der Waals surface area contributed by atoms with Crippen LogP contribution in [0.2, 0.25) is 5.02 Å². The summed E-state index contributed by atoms with van der Waals surface area (Å²) in [6.07, 6.45) is 1.77. The fraction of sp³-hybridized carbons (Fsp3) is 0.320. The Kier molecular flexibility index (Phi) is 6.72. The van der Waals surface area contributed by atoms with Crippen LogP contribution in [0.25, 0.3) is 5.69 Å². The molecule has 33 heavy (non-hydrogen) atoms. The van der Waals surface area contributed by atoms with Crippen molar-refractivity contribution >= 4 is 34.9 Å². The number of benzene rings is 1. The van der Waals surface area contributed by atoms with Crippen LogP contribution in [0.1, 0.15) is 47.2 Å². The van der Waals surface area contributed by atoms with Crippen LogP contribution in [0, 0.1) is 20.8 Å². The number of thiocarbonyl (C=S) groups is 1. The van der Waals surface area contributed by atoms with Crippen molar-refractivity contribution in [1.29, 1.82) is 0 Å². The summed E-state index contributed by atoms with van der Waals surface area (Å²) < 4.78 is 7.44. The summed E-state index contributed by atoms with van der Waals surface area (Å²) in [5, 5.41) is 4.62. The maximum atomic E-state index is 12.4. The van der Waals surface area contributed by atoms with Gasteiger partial charge in [0.05, 0.1) is 24.4 Å². The van der Waals surface area contributed by atoms with E-state index in [9.17, 15) is 4.79 Å². The summed E-state index contributed by atoms with van der Waals surface area (Å²) in [5.74, 6) is -0.312. The SMILES string of the molecule is CCOC(=O)CN1C(=S)NC(c2ccccn2)C1c1cc(C)n(-c2cccc(Cl)c2C)c1C. The minimum absolute atomic E-state index is 0.0630. The third-order valence-corrected chi connectivity index (χ3v) is 6.83. The van der Waals surface area contributed by atoms with Crippen LogP contribution in [0.5, 0.6) is 0 Å². The van der Waals surface area contributed by atoms with Crippen molar-refractivity contribution in [2.75, 3.05) is 13.2 Å². The molecule has 1 saturated heterocycles. The van der Waals surface area contributed by atoms with Crippen molar-refractivity contribution in [2.45, 2.75) is 39.8 Å². The molecular weight excluding hydrogens is 456 g/mol. The molecule has 0 amide bonds. The first-order valence-corrected chi connectivity index (χ1v) is 11.7. The molecular formula is C25H27ClN4O2S. The first kappa shape index (κ1) is 23.3. The second-order valence-electron chi connectivity index (χ2n) is 8.11. The third kappa shape index (κ3) is 4.35. The largest absolute Gasteiger partial charge is 0.465 e. The lowest BCUT2D eigenvalue weighted by atomic mass is 9.96. The highest BCUT2D eigenvalue weighted by Crippen LogP contribution is 2.41. The first-order chi connectivity index (χ1) is 15.8. The molecule has 6 nitrogen and oxygen atoms in total. The van der Waals surface area contributed by atoms with Gasteiger partial charge in [-0.15, -0.1) is 0 Å². The van der Waals surface area contributed by atoms with Gasteiger partial charge in [-0.2, -0.15) is 0 Å². The zero-order valence-electron chi connectivity index (χ0n) is 19.1. The lowest BCUT2D eigenvalue weighted by Gasteiger charge is -2.27. The van der Waals surface area contributed by atoms with E-state index in [0.717, 1.165) is 38.9 Å². The summed E-state index contributed by atoms with van der Waals surface area (Å²) in [7, 11) is 0. The Balaban J connectivity index is 1.84. The third-order valence-electron chi connectivity index (χ3n) is 6.07. The van der Waals surface area contributed by atoms with Gasteiger partial charge in [0, 0.05) is 28.3 Å². The Morgan fingerprint density at radius 3 is 2.70 bits per heavy atom. The van der Waals surface area contributed by atoms with Crippen LogP contribution in [0.15, 0.2) is 48.7 Å². The molecule has 1 aromatic carbocycles. The highest BCUT2D eigenvalue weighted by molar-refractivity contribution is 7.80. The predicted octanol–water partition coefficient (Wildman–Crippen LogP) is 4.99. The lowest BCUT2D eigenvalue weighted by molar-refractivity contribution is -0.143. The number of carbonyl (C=O) groups excluding carboxylic acids is 1. The highest BCUT2D eigenvalue weighted by Gasteiger charge is 2.42. The Morgan fingerprint density at radius 2 is 2.00 bits per heavy atom. The zero-order valence-corrected chi connectivity index (χ0v) is 20.7. The fourth-order valence-electron chi connectivity index (χ4n) is 4.56. The molecule has 0 saturated carbocycles. The van der Waals surface area contributed by atoms with Crippen molar-refractivity contribution in [2.24, 2.45) is 0 Å². The van der Waals surface area contributed by atoms with Gasteiger partial charge in [-0.25, -0.2) is 0 Å². The van der Waals surface area contributed by atoms with E-state index in [4.69, 9.17) is 28.6 Å². The van der Waals surface area contributed by atoms with E-state index in [2.05, 4.69) is 40.8 Å². The summed E-state index contributed by atoms with van der Waals surface area (Å²) in [6, 6.07) is 13.5. The Morgan fingerprint density at radius 1 is 1.21 bits per heavy atom. The number of pyridine rings is 1. The second-order valence-corrected chi connectivity index (χ2v) is 8.90. The van der Waals surface area contributed by atoms with Gasteiger partial charge in [0.15, 0.2) is 5.11 Å². The molecule has 8 heteroatoms. The molecule has 2 aromatic heterocycles. The number of hydrogen-bond donors (Lipinski definition) is 1. The van der Waals surface area contributed by atoms with E-state index >= 15 is 0 Å². The highest BCUT2D eigenvalue weighted by atomic mass is 35.5. The van der Waals surface area contributed by atoms with Crippen molar-refractivity contribution in [1.82, 2.24) is 19.8 Å². The second kappa shape index (κ2) is 9.53. The van der Waals surface area contributed by atoms with Crippen molar-refractivity contribution in [3.63, 3.8) is 0 Å². The number of aryl methyl sites for hydroxylation is 1. The topological polar surface area (TPSA) is 59.4 Å². The number of carbonyl (C=O) groups is 1. The van der Waals surface area contributed by atoms with E-state index < -0.39 is 0 Å². The van der Waals surface area contributed by atoms with E-state index in [1.807, 2.05) is 42.2 Å². The van der Waals surface area contributed by atoms with Crippen LogP contribution in [-0.4, -0.2) is 38.7 Å². The Hall–Kier alpha value is -2.90. The van der Waals surface area contributed by atoms with Crippen LogP contribution in [-0.2, 0) is 9.53 Å².